The first-order chi connectivity index (χ1) is 18.0. The molecule has 37 heavy (non-hydrogen) atoms. The van der Waals surface area contributed by atoms with Crippen molar-refractivity contribution in [1.29, 1.82) is 0 Å². The summed E-state index contributed by atoms with van der Waals surface area (Å²) in [6.07, 6.45) is 10.2. The summed E-state index contributed by atoms with van der Waals surface area (Å²) < 4.78 is 12.6. The fraction of sp³-hybridized carbons (Fsp3) is 0.241. The highest BCUT2D eigenvalue weighted by Gasteiger charge is 2.13. The van der Waals surface area contributed by atoms with Crippen LogP contribution in [0.2, 0.25) is 0 Å². The van der Waals surface area contributed by atoms with Crippen molar-refractivity contribution in [2.75, 3.05) is 25.7 Å². The van der Waals surface area contributed by atoms with E-state index in [9.17, 15) is 0 Å². The van der Waals surface area contributed by atoms with Crippen molar-refractivity contribution in [3.63, 3.8) is 0 Å². The minimum Gasteiger partial charge on any atom is -0.497 e. The van der Waals surface area contributed by atoms with Crippen LogP contribution in [0.25, 0.3) is 22.3 Å². The molecule has 0 aliphatic heterocycles. The Morgan fingerprint density at radius 1 is 0.838 bits per heavy atom. The van der Waals surface area contributed by atoms with E-state index in [-0.39, 0.29) is 0 Å². The average Bonchev–Trinajstić information content (AvgIpc) is 3.39. The lowest BCUT2D eigenvalue weighted by atomic mass is 10.2. The number of pyridine rings is 1. The van der Waals surface area contributed by atoms with Crippen LogP contribution >= 0.6 is 0 Å². The van der Waals surface area contributed by atoms with Gasteiger partial charge in [-0.05, 0) is 49.2 Å². The number of rotatable bonds is 7. The normalized spacial score (nSPS) is 10.5. The smallest absolute Gasteiger partial charge is 0.124 e. The molecule has 0 spiro atoms. The third-order valence-electron chi connectivity index (χ3n) is 5.96. The van der Waals surface area contributed by atoms with E-state index in [2.05, 4.69) is 45.9 Å². The van der Waals surface area contributed by atoms with Gasteiger partial charge in [-0.15, -0.1) is 0 Å². The first-order valence-corrected chi connectivity index (χ1v) is 12.2. The maximum atomic E-state index is 5.43. The molecule has 0 aliphatic carbocycles. The first-order valence-electron chi connectivity index (χ1n) is 12.2. The van der Waals surface area contributed by atoms with Crippen molar-refractivity contribution >= 4 is 22.4 Å². The van der Waals surface area contributed by atoms with E-state index < -0.39 is 0 Å². The highest BCUT2D eigenvalue weighted by atomic mass is 16.5. The number of aromatic nitrogens is 5. The van der Waals surface area contributed by atoms with Crippen LogP contribution in [-0.4, -0.2) is 45.5 Å². The molecule has 8 heteroatoms. The lowest BCUT2D eigenvalue weighted by molar-refractivity contribution is 0.394. The van der Waals surface area contributed by atoms with E-state index >= 15 is 0 Å². The molecule has 5 aromatic rings. The molecule has 0 atom stereocenters. The maximum Gasteiger partial charge on any atom is 0.124 e. The van der Waals surface area contributed by atoms with E-state index in [0.717, 1.165) is 58.1 Å². The van der Waals surface area contributed by atoms with Crippen LogP contribution in [0.1, 0.15) is 19.4 Å². The maximum absolute atomic E-state index is 5.43. The molecule has 3 aromatic heterocycles. The molecule has 0 N–H and O–H groups in total. The fourth-order valence-electron chi connectivity index (χ4n) is 3.94. The third kappa shape index (κ3) is 6.22. The van der Waals surface area contributed by atoms with E-state index in [1.54, 1.807) is 31.3 Å². The van der Waals surface area contributed by atoms with Crippen LogP contribution in [0.15, 0.2) is 79.5 Å². The predicted octanol–water partition coefficient (Wildman–Crippen LogP) is 5.85. The Morgan fingerprint density at radius 2 is 1.57 bits per heavy atom. The monoisotopic (exact) mass is 496 g/mol. The topological polar surface area (TPSA) is 78.2 Å². The van der Waals surface area contributed by atoms with Gasteiger partial charge in [0, 0.05) is 67.3 Å². The number of nitrogens with zero attached hydrogens (tertiary/aromatic N) is 6. The van der Waals surface area contributed by atoms with Gasteiger partial charge in [-0.2, -0.15) is 5.10 Å². The largest absolute Gasteiger partial charge is 0.497 e. The molecule has 0 unspecified atom stereocenters. The van der Waals surface area contributed by atoms with Crippen LogP contribution in [0.4, 0.5) is 11.4 Å². The molecule has 0 radical (unpaired) electrons. The standard InChI is InChI=1S/C22H23N5O2.C7H9N/c1-5-27(17-8-18(28-3)11-19(9-17)29-4)16-6-7-20-21(10-16)25-22(13-23-20)15-12-24-26(2)14-15;1-2-7-3-5-8-6-4-7/h6-14H,5H2,1-4H3;3-6H,2H2,1H3. The Balaban J connectivity index is 0.000000342. The molecule has 5 rings (SSSR count). The number of hydrogen-bond donors (Lipinski definition) is 0. The molecule has 190 valence electrons. The Hall–Kier alpha value is -4.46. The second kappa shape index (κ2) is 12.0. The van der Waals surface area contributed by atoms with Gasteiger partial charge < -0.3 is 14.4 Å². The van der Waals surface area contributed by atoms with Crippen molar-refractivity contribution in [3.8, 4) is 22.8 Å². The molecule has 0 aliphatic rings. The molecule has 0 fully saturated rings. The Morgan fingerprint density at radius 3 is 2.14 bits per heavy atom. The average molecular weight is 497 g/mol. The third-order valence-corrected chi connectivity index (χ3v) is 5.96. The van der Waals surface area contributed by atoms with Crippen LogP contribution in [0.5, 0.6) is 11.5 Å². The van der Waals surface area contributed by atoms with Crippen LogP contribution < -0.4 is 14.4 Å². The second-order valence-corrected chi connectivity index (χ2v) is 8.36. The molecule has 3 heterocycles. The molecule has 0 amide bonds. The van der Waals surface area contributed by atoms with E-state index in [0.29, 0.717) is 0 Å². The number of anilines is 2. The summed E-state index contributed by atoms with van der Waals surface area (Å²) in [6.45, 7) is 5.01. The van der Waals surface area contributed by atoms with E-state index in [1.165, 1.54) is 5.56 Å². The van der Waals surface area contributed by atoms with Gasteiger partial charge >= 0.3 is 0 Å². The van der Waals surface area contributed by atoms with Gasteiger partial charge in [0.15, 0.2) is 0 Å². The van der Waals surface area contributed by atoms with Crippen LogP contribution in [0.3, 0.4) is 0 Å². The van der Waals surface area contributed by atoms with Gasteiger partial charge in [0.05, 0.1) is 43.3 Å². The van der Waals surface area contributed by atoms with E-state index in [1.807, 2.05) is 62.0 Å². The van der Waals surface area contributed by atoms with Gasteiger partial charge in [-0.1, -0.05) is 6.92 Å². The van der Waals surface area contributed by atoms with Crippen LogP contribution in [-0.2, 0) is 13.5 Å². The Bertz CT molecular complexity index is 1430. The Labute approximate surface area is 217 Å². The zero-order valence-electron chi connectivity index (χ0n) is 21.9. The molecule has 2 aromatic carbocycles. The zero-order chi connectivity index (χ0) is 26.2. The number of methoxy groups -OCH3 is 2. The SMILES string of the molecule is CCN(c1cc(OC)cc(OC)c1)c1ccc2ncc(-c3cnn(C)c3)nc2c1.CCc1ccncc1. The number of hydrogen-bond acceptors (Lipinski definition) is 7. The van der Waals surface area contributed by atoms with Crippen molar-refractivity contribution < 1.29 is 9.47 Å². The zero-order valence-corrected chi connectivity index (χ0v) is 21.9. The summed E-state index contributed by atoms with van der Waals surface area (Å²) in [6, 6.07) is 16.0. The lowest BCUT2D eigenvalue weighted by Crippen LogP contribution is -2.16. The van der Waals surface area contributed by atoms with Gasteiger partial charge in [0.1, 0.15) is 11.5 Å². The molecule has 0 bridgehead atoms. The fourth-order valence-corrected chi connectivity index (χ4v) is 3.94. The molecular formula is C29H32N6O2. The van der Waals surface area contributed by atoms with Gasteiger partial charge in [0.2, 0.25) is 0 Å². The molecule has 0 saturated carbocycles. The minimum atomic E-state index is 0.747. The summed E-state index contributed by atoms with van der Waals surface area (Å²) in [4.78, 5) is 15.4. The highest BCUT2D eigenvalue weighted by molar-refractivity contribution is 5.82. The second-order valence-electron chi connectivity index (χ2n) is 8.36. The molecular weight excluding hydrogens is 464 g/mol. The van der Waals surface area contributed by atoms with Crippen molar-refractivity contribution in [2.24, 2.45) is 7.05 Å². The Kier molecular flexibility index (Phi) is 8.30. The molecule has 0 saturated heterocycles. The van der Waals surface area contributed by atoms with Gasteiger partial charge in [0.25, 0.3) is 0 Å². The van der Waals surface area contributed by atoms with E-state index in [4.69, 9.17) is 14.5 Å². The molecule has 8 nitrogen and oxygen atoms in total. The van der Waals surface area contributed by atoms with Gasteiger partial charge in [-0.25, -0.2) is 4.98 Å². The predicted molar refractivity (Wildman–Crippen MR) is 148 cm³/mol. The number of benzene rings is 2. The number of aryl methyl sites for hydroxylation is 2. The summed E-state index contributed by atoms with van der Waals surface area (Å²) in [5, 5.41) is 4.22. The van der Waals surface area contributed by atoms with Gasteiger partial charge in [-0.3, -0.25) is 14.6 Å². The summed E-state index contributed by atoms with van der Waals surface area (Å²) in [7, 11) is 5.19. The summed E-state index contributed by atoms with van der Waals surface area (Å²) in [5.41, 5.74) is 6.77. The van der Waals surface area contributed by atoms with Crippen molar-refractivity contribution in [1.82, 2.24) is 24.7 Å². The van der Waals surface area contributed by atoms with Crippen LogP contribution in [0, 0.1) is 0 Å². The lowest BCUT2D eigenvalue weighted by Gasteiger charge is -2.24. The summed E-state index contributed by atoms with van der Waals surface area (Å²) in [5.74, 6) is 1.49. The number of ether oxygens (including phenoxy) is 2. The van der Waals surface area contributed by atoms with Crippen molar-refractivity contribution in [3.05, 3.63) is 85.1 Å². The number of fused-ring (bicyclic) bond motifs is 1. The first kappa shape index (κ1) is 25.6. The summed E-state index contributed by atoms with van der Waals surface area (Å²) >= 11 is 0. The minimum absolute atomic E-state index is 0.747. The van der Waals surface area contributed by atoms with Crippen molar-refractivity contribution in [2.45, 2.75) is 20.3 Å². The highest BCUT2D eigenvalue weighted by Crippen LogP contribution is 2.33. The quantitative estimate of drug-likeness (QED) is 0.280.